The van der Waals surface area contributed by atoms with Crippen molar-refractivity contribution < 1.29 is 17.1 Å². The Morgan fingerprint density at radius 3 is 3.14 bits per heavy atom. The molecule has 3 rings (SSSR count). The van der Waals surface area contributed by atoms with Crippen LogP contribution in [0.1, 0.15) is 29.7 Å². The largest absolute Gasteiger partial charge is 0.484 e. The highest BCUT2D eigenvalue weighted by Crippen LogP contribution is 2.32. The van der Waals surface area contributed by atoms with Gasteiger partial charge < -0.3 is 10.1 Å². The van der Waals surface area contributed by atoms with Crippen LogP contribution < -0.4 is 10.1 Å². The first-order valence-electron chi connectivity index (χ1n) is 10.8. The topological polar surface area (TPSA) is 21.3 Å². The van der Waals surface area contributed by atoms with Crippen LogP contribution in [0, 0.1) is 0 Å². The van der Waals surface area contributed by atoms with Gasteiger partial charge in [-0.3, -0.25) is 0 Å². The Morgan fingerprint density at radius 2 is 2.29 bits per heavy atom. The summed E-state index contributed by atoms with van der Waals surface area (Å²) in [5.74, 6) is 0.173. The zero-order chi connectivity index (χ0) is 22.3. The fourth-order valence-electron chi connectivity index (χ4n) is 1.97. The summed E-state index contributed by atoms with van der Waals surface area (Å²) < 4.78 is 77.4. The van der Waals surface area contributed by atoms with Crippen LogP contribution in [0.2, 0.25) is 0 Å². The Hall–Kier alpha value is -1.84. The normalized spacial score (nSPS) is 21.4. The summed E-state index contributed by atoms with van der Waals surface area (Å²) in [7, 11) is 0. The molecule has 0 bridgehead atoms. The lowest BCUT2D eigenvalue weighted by Gasteiger charge is -2.19. The van der Waals surface area contributed by atoms with Gasteiger partial charge in [0.1, 0.15) is 11.8 Å². The van der Waals surface area contributed by atoms with E-state index < -0.39 is 38.1 Å². The van der Waals surface area contributed by atoms with Gasteiger partial charge in [-0.05, 0) is 36.4 Å². The molecular formula is C18H19NOS. The van der Waals surface area contributed by atoms with E-state index in [2.05, 4.69) is 5.32 Å². The second-order valence-corrected chi connectivity index (χ2v) is 5.04. The molecule has 2 nitrogen and oxygen atoms in total. The average Bonchev–Trinajstić information content (AvgIpc) is 2.94. The second kappa shape index (κ2) is 6.74. The lowest BCUT2D eigenvalue weighted by molar-refractivity contribution is 0.201. The van der Waals surface area contributed by atoms with Crippen LogP contribution in [-0.2, 0) is 0 Å². The van der Waals surface area contributed by atoms with Crippen molar-refractivity contribution in [1.82, 2.24) is 5.32 Å². The van der Waals surface area contributed by atoms with Gasteiger partial charge in [-0.1, -0.05) is 42.4 Å². The number of ether oxygens (including phenoxy) is 1. The second-order valence-electron chi connectivity index (χ2n) is 4.22. The quantitative estimate of drug-likeness (QED) is 0.717. The van der Waals surface area contributed by atoms with Gasteiger partial charge in [0.25, 0.3) is 0 Å². The lowest BCUT2D eigenvalue weighted by Crippen LogP contribution is -2.15. The van der Waals surface area contributed by atoms with Crippen LogP contribution in [-0.4, -0.2) is 13.5 Å². The summed E-state index contributed by atoms with van der Waals surface area (Å²) in [6, 6.07) is 11.3. The number of hydrogen-bond donors (Lipinski definition) is 1. The Bertz CT molecular complexity index is 1060. The van der Waals surface area contributed by atoms with E-state index in [-0.39, 0.29) is 16.0 Å². The van der Waals surface area contributed by atoms with Crippen molar-refractivity contribution in [3.8, 4) is 5.75 Å². The molecule has 2 aromatic carbocycles. The fraction of sp³-hybridized carbons (Fsp3) is 0.222. The summed E-state index contributed by atoms with van der Waals surface area (Å²) in [6.07, 6.45) is -5.20. The highest BCUT2D eigenvalue weighted by molar-refractivity contribution is 7.10. The number of hydrogen-bond acceptors (Lipinski definition) is 3. The van der Waals surface area contributed by atoms with Gasteiger partial charge in [-0.2, -0.15) is 0 Å². The molecule has 21 heavy (non-hydrogen) atoms. The van der Waals surface area contributed by atoms with E-state index in [9.17, 15) is 0 Å². The van der Waals surface area contributed by atoms with Gasteiger partial charge >= 0.3 is 0 Å². The Labute approximate surface area is 142 Å². The summed E-state index contributed by atoms with van der Waals surface area (Å²) in [5, 5.41) is 3.18. The average molecular weight is 306 g/mol. The van der Waals surface area contributed by atoms with Crippen LogP contribution >= 0.6 is 11.3 Å². The molecule has 108 valence electrons. The number of benzene rings is 2. The van der Waals surface area contributed by atoms with Crippen LogP contribution in [0.5, 0.6) is 5.75 Å². The molecule has 0 fully saturated rings. The third-order valence-corrected chi connectivity index (χ3v) is 3.58. The van der Waals surface area contributed by atoms with Gasteiger partial charge in [0.05, 0.1) is 5.48 Å². The number of nitrogens with one attached hydrogen (secondary N) is 1. The van der Waals surface area contributed by atoms with Crippen molar-refractivity contribution in [2.24, 2.45) is 0 Å². The predicted molar refractivity (Wildman–Crippen MR) is 90.2 cm³/mol. The number of thiophene rings is 1. The first kappa shape index (κ1) is 6.95. The summed E-state index contributed by atoms with van der Waals surface area (Å²) in [5.41, 5.74) is 0. The highest BCUT2D eigenvalue weighted by Gasteiger charge is 2.15. The van der Waals surface area contributed by atoms with Gasteiger partial charge in [-0.25, -0.2) is 0 Å². The monoisotopic (exact) mass is 306 g/mol. The molecule has 1 aromatic heterocycles. The Morgan fingerprint density at radius 1 is 1.38 bits per heavy atom. The number of rotatable bonds is 6. The van der Waals surface area contributed by atoms with Crippen molar-refractivity contribution in [3.63, 3.8) is 0 Å². The molecule has 0 aliphatic heterocycles. The minimum atomic E-state index is -2.64. The van der Waals surface area contributed by atoms with Gasteiger partial charge in [0.15, 0.2) is 0 Å². The zero-order valence-electron chi connectivity index (χ0n) is 20.1. The molecular weight excluding hydrogens is 278 g/mol. The maximum absolute atomic E-state index is 8.94. The molecule has 3 heteroatoms. The van der Waals surface area contributed by atoms with Crippen molar-refractivity contribution in [1.29, 1.82) is 0 Å². The van der Waals surface area contributed by atoms with E-state index in [4.69, 9.17) is 17.1 Å². The minimum Gasteiger partial charge on any atom is -0.484 e. The predicted octanol–water partition coefficient (Wildman–Crippen LogP) is 4.63. The van der Waals surface area contributed by atoms with Crippen LogP contribution in [0.15, 0.2) is 59.9 Å². The SMILES string of the molecule is [2H]c1sc(C([2H])(Oc2cccc3ccccc23)C([2H])([2H])CNC([2H])([2H])[2H])c([2H])c1[2H]. The van der Waals surface area contributed by atoms with Crippen LogP contribution in [0.4, 0.5) is 0 Å². The Balaban J connectivity index is 2.15. The summed E-state index contributed by atoms with van der Waals surface area (Å²) >= 11 is 0.604. The number of fused-ring (bicyclic) bond motifs is 1. The third-order valence-electron chi connectivity index (χ3n) is 2.89. The molecule has 0 amide bonds. The standard InChI is InChI=1S/C18H19NOS/c1-19-12-11-17(18-10-5-13-21-18)20-16-9-4-7-14-6-2-3-8-15(14)16/h2-10,13,17,19H,11-12H2,1H3/i1D3,5D,10D,11D2,13D,17D. The summed E-state index contributed by atoms with van der Waals surface area (Å²) in [4.78, 5) is -0.275. The highest BCUT2D eigenvalue weighted by atomic mass is 32.1. The molecule has 1 N–H and O–H groups in total. The summed E-state index contributed by atoms with van der Waals surface area (Å²) in [6.45, 7) is -3.41. The lowest BCUT2D eigenvalue weighted by atomic mass is 10.1. The fourth-order valence-corrected chi connectivity index (χ4v) is 2.48. The van der Waals surface area contributed by atoms with E-state index in [1.807, 2.05) is 18.2 Å². The van der Waals surface area contributed by atoms with Crippen molar-refractivity contribution >= 4 is 22.1 Å². The molecule has 1 heterocycles. The molecule has 0 aliphatic carbocycles. The van der Waals surface area contributed by atoms with Crippen molar-refractivity contribution in [2.45, 2.75) is 12.5 Å². The Kier molecular flexibility index (Phi) is 2.23. The van der Waals surface area contributed by atoms with Crippen LogP contribution in [0.25, 0.3) is 10.8 Å². The maximum atomic E-state index is 8.94. The van der Waals surface area contributed by atoms with Crippen molar-refractivity contribution in [2.75, 3.05) is 13.5 Å². The molecule has 0 spiro atoms. The smallest absolute Gasteiger partial charge is 0.134 e. The molecule has 0 saturated carbocycles. The molecule has 1 atom stereocenters. The van der Waals surface area contributed by atoms with Crippen molar-refractivity contribution in [3.05, 3.63) is 64.8 Å². The molecule has 3 aromatic rings. The van der Waals surface area contributed by atoms with E-state index in [1.165, 1.54) is 0 Å². The van der Waals surface area contributed by atoms with E-state index in [0.29, 0.717) is 16.7 Å². The van der Waals surface area contributed by atoms with Gasteiger partial charge in [-0.15, -0.1) is 11.3 Å². The van der Waals surface area contributed by atoms with E-state index >= 15 is 0 Å². The van der Waals surface area contributed by atoms with E-state index in [0.717, 1.165) is 5.39 Å². The third kappa shape index (κ3) is 3.26. The van der Waals surface area contributed by atoms with E-state index in [1.54, 1.807) is 24.3 Å². The molecule has 0 saturated heterocycles. The first-order chi connectivity index (χ1) is 13.9. The first-order valence-corrected chi connectivity index (χ1v) is 7.16. The van der Waals surface area contributed by atoms with Gasteiger partial charge in [0, 0.05) is 23.5 Å². The molecule has 0 radical (unpaired) electrons. The molecule has 0 aliphatic rings. The maximum Gasteiger partial charge on any atom is 0.134 e. The van der Waals surface area contributed by atoms with Gasteiger partial charge in [0.2, 0.25) is 0 Å². The van der Waals surface area contributed by atoms with Crippen LogP contribution in [0.3, 0.4) is 0 Å². The zero-order valence-corrected chi connectivity index (χ0v) is 11.9. The minimum absolute atomic E-state index is 0.173. The molecule has 1 unspecified atom stereocenters.